The molecule has 0 bridgehead atoms. The Kier molecular flexibility index (Phi) is 5.59. The summed E-state index contributed by atoms with van der Waals surface area (Å²) in [6, 6.07) is 6.68. The van der Waals surface area contributed by atoms with E-state index in [2.05, 4.69) is 15.5 Å². The number of carbonyl (C=O) groups is 1. The van der Waals surface area contributed by atoms with Crippen LogP contribution < -0.4 is 10.6 Å². The maximum Gasteiger partial charge on any atom is 0.239 e. The highest BCUT2D eigenvalue weighted by Crippen LogP contribution is 2.14. The van der Waals surface area contributed by atoms with Gasteiger partial charge < -0.3 is 15.4 Å². The Morgan fingerprint density at radius 3 is 2.70 bits per heavy atom. The van der Waals surface area contributed by atoms with E-state index in [9.17, 15) is 9.18 Å². The van der Waals surface area contributed by atoms with Crippen molar-refractivity contribution in [1.29, 1.82) is 0 Å². The molecule has 2 aliphatic heterocycles. The monoisotopic (exact) mass is 321 g/mol. The Hall–Kier alpha value is -1.50. The average Bonchev–Trinajstić information content (AvgIpc) is 2.59. The Morgan fingerprint density at radius 1 is 1.30 bits per heavy atom. The molecular weight excluding hydrogens is 297 g/mol. The highest BCUT2D eigenvalue weighted by molar-refractivity contribution is 5.82. The largest absolute Gasteiger partial charge is 0.378 e. The van der Waals surface area contributed by atoms with Gasteiger partial charge in [0.05, 0.1) is 13.2 Å². The minimum absolute atomic E-state index is 0.0432. The molecule has 3 rings (SSSR count). The number of nitrogens with zero attached hydrogens (tertiary/aromatic N) is 1. The third-order valence-corrected chi connectivity index (χ3v) is 4.49. The number of rotatable bonds is 4. The summed E-state index contributed by atoms with van der Waals surface area (Å²) >= 11 is 0. The summed E-state index contributed by atoms with van der Waals surface area (Å²) in [5, 5.41) is 6.30. The first-order valence-electron chi connectivity index (χ1n) is 8.29. The smallest absolute Gasteiger partial charge is 0.239 e. The minimum Gasteiger partial charge on any atom is -0.378 e. The van der Waals surface area contributed by atoms with E-state index in [1.165, 1.54) is 12.1 Å². The molecule has 0 aromatic heterocycles. The molecule has 2 N–H and O–H groups in total. The summed E-state index contributed by atoms with van der Waals surface area (Å²) in [5.41, 5.74) is 1.12. The number of benzene rings is 1. The maximum atomic E-state index is 12.9. The SMILES string of the molecule is O=C(NC1CCN(Cc2ccc(F)cc2)CC1)C1COCCN1. The average molecular weight is 321 g/mol. The van der Waals surface area contributed by atoms with E-state index >= 15 is 0 Å². The van der Waals surface area contributed by atoms with Crippen LogP contribution in [0.4, 0.5) is 4.39 Å². The Labute approximate surface area is 136 Å². The molecule has 1 amide bonds. The summed E-state index contributed by atoms with van der Waals surface area (Å²) in [6.07, 6.45) is 1.89. The van der Waals surface area contributed by atoms with Crippen LogP contribution in [0.15, 0.2) is 24.3 Å². The fraction of sp³-hybridized carbons (Fsp3) is 0.588. The summed E-state index contributed by atoms with van der Waals surface area (Å²) in [4.78, 5) is 14.5. The second-order valence-electron chi connectivity index (χ2n) is 6.27. The van der Waals surface area contributed by atoms with Crippen LogP contribution in [0.1, 0.15) is 18.4 Å². The van der Waals surface area contributed by atoms with Crippen molar-refractivity contribution < 1.29 is 13.9 Å². The van der Waals surface area contributed by atoms with Gasteiger partial charge in [-0.2, -0.15) is 0 Å². The summed E-state index contributed by atoms with van der Waals surface area (Å²) in [7, 11) is 0. The zero-order chi connectivity index (χ0) is 16.1. The Bertz CT molecular complexity index is 509. The molecule has 2 heterocycles. The molecule has 1 unspecified atom stereocenters. The van der Waals surface area contributed by atoms with Gasteiger partial charge in [0.15, 0.2) is 0 Å². The number of piperidine rings is 1. The third-order valence-electron chi connectivity index (χ3n) is 4.49. The molecule has 1 aromatic carbocycles. The molecule has 1 aromatic rings. The van der Waals surface area contributed by atoms with Crippen molar-refractivity contribution in [3.05, 3.63) is 35.6 Å². The molecule has 2 aliphatic rings. The number of morpholine rings is 1. The first-order valence-corrected chi connectivity index (χ1v) is 8.29. The van der Waals surface area contributed by atoms with Gasteiger partial charge in [-0.05, 0) is 30.5 Å². The van der Waals surface area contributed by atoms with E-state index in [1.807, 2.05) is 12.1 Å². The van der Waals surface area contributed by atoms with E-state index in [1.54, 1.807) is 0 Å². The van der Waals surface area contributed by atoms with Crippen LogP contribution in [0, 0.1) is 5.82 Å². The number of carbonyl (C=O) groups excluding carboxylic acids is 1. The van der Waals surface area contributed by atoms with Gasteiger partial charge in [-0.25, -0.2) is 4.39 Å². The fourth-order valence-electron chi connectivity index (χ4n) is 3.12. The van der Waals surface area contributed by atoms with E-state index < -0.39 is 0 Å². The number of amides is 1. The summed E-state index contributed by atoms with van der Waals surface area (Å²) in [6.45, 7) is 4.57. The molecule has 126 valence electrons. The van der Waals surface area contributed by atoms with E-state index in [0.29, 0.717) is 13.2 Å². The number of halogens is 1. The minimum atomic E-state index is -0.221. The molecular formula is C17H24FN3O2. The highest BCUT2D eigenvalue weighted by atomic mass is 19.1. The molecule has 23 heavy (non-hydrogen) atoms. The quantitative estimate of drug-likeness (QED) is 0.865. The van der Waals surface area contributed by atoms with Crippen LogP contribution in [0.25, 0.3) is 0 Å². The van der Waals surface area contributed by atoms with Crippen LogP contribution in [-0.4, -0.2) is 55.7 Å². The second-order valence-corrected chi connectivity index (χ2v) is 6.27. The number of ether oxygens (including phenoxy) is 1. The van der Waals surface area contributed by atoms with Gasteiger partial charge in [0.2, 0.25) is 5.91 Å². The lowest BCUT2D eigenvalue weighted by Gasteiger charge is -2.33. The van der Waals surface area contributed by atoms with Crippen molar-refractivity contribution in [2.45, 2.75) is 31.5 Å². The molecule has 0 radical (unpaired) electrons. The van der Waals surface area contributed by atoms with Crippen LogP contribution in [0.5, 0.6) is 0 Å². The predicted octanol–water partition coefficient (Wildman–Crippen LogP) is 0.895. The zero-order valence-electron chi connectivity index (χ0n) is 13.3. The second kappa shape index (κ2) is 7.86. The van der Waals surface area contributed by atoms with Crippen LogP contribution in [0.2, 0.25) is 0 Å². The topological polar surface area (TPSA) is 53.6 Å². The molecule has 5 nitrogen and oxygen atoms in total. The van der Waals surface area contributed by atoms with Crippen molar-refractivity contribution in [3.63, 3.8) is 0 Å². The highest BCUT2D eigenvalue weighted by Gasteiger charge is 2.25. The molecule has 0 aliphatic carbocycles. The van der Waals surface area contributed by atoms with Crippen LogP contribution >= 0.6 is 0 Å². The first-order chi connectivity index (χ1) is 11.2. The van der Waals surface area contributed by atoms with Gasteiger partial charge in [-0.1, -0.05) is 12.1 Å². The van der Waals surface area contributed by atoms with Gasteiger partial charge in [0.25, 0.3) is 0 Å². The normalized spacial score (nSPS) is 23.6. The number of nitrogens with one attached hydrogen (secondary N) is 2. The van der Waals surface area contributed by atoms with Gasteiger partial charge in [-0.15, -0.1) is 0 Å². The maximum absolute atomic E-state index is 12.9. The van der Waals surface area contributed by atoms with Gasteiger partial charge in [0, 0.05) is 32.2 Å². The van der Waals surface area contributed by atoms with E-state index in [4.69, 9.17) is 4.74 Å². The standard InChI is InChI=1S/C17H24FN3O2/c18-14-3-1-13(2-4-14)11-21-8-5-15(6-9-21)20-17(22)16-12-23-10-7-19-16/h1-4,15-16,19H,5-12H2,(H,20,22). The molecule has 2 saturated heterocycles. The van der Waals surface area contributed by atoms with Gasteiger partial charge >= 0.3 is 0 Å². The van der Waals surface area contributed by atoms with Crippen molar-refractivity contribution in [1.82, 2.24) is 15.5 Å². The first kappa shape index (κ1) is 16.4. The number of hydrogen-bond acceptors (Lipinski definition) is 4. The molecule has 2 fully saturated rings. The number of likely N-dealkylation sites (tertiary alicyclic amines) is 1. The van der Waals surface area contributed by atoms with Crippen molar-refractivity contribution in [2.75, 3.05) is 32.8 Å². The lowest BCUT2D eigenvalue weighted by molar-refractivity contribution is -0.126. The van der Waals surface area contributed by atoms with E-state index in [-0.39, 0.29) is 23.8 Å². The Balaban J connectivity index is 1.41. The molecule has 0 spiro atoms. The van der Waals surface area contributed by atoms with Crippen molar-refractivity contribution >= 4 is 5.91 Å². The lowest BCUT2D eigenvalue weighted by Crippen LogP contribution is -2.54. The third kappa shape index (κ3) is 4.73. The lowest BCUT2D eigenvalue weighted by atomic mass is 10.0. The van der Waals surface area contributed by atoms with Crippen molar-refractivity contribution in [3.8, 4) is 0 Å². The summed E-state index contributed by atoms with van der Waals surface area (Å²) < 4.78 is 18.2. The van der Waals surface area contributed by atoms with Gasteiger partial charge in [-0.3, -0.25) is 9.69 Å². The molecule has 1 atom stereocenters. The van der Waals surface area contributed by atoms with E-state index in [0.717, 1.165) is 44.6 Å². The summed E-state index contributed by atoms with van der Waals surface area (Å²) in [5.74, 6) is -0.155. The fourth-order valence-corrected chi connectivity index (χ4v) is 3.12. The van der Waals surface area contributed by atoms with Gasteiger partial charge in [0.1, 0.15) is 11.9 Å². The Morgan fingerprint density at radius 2 is 2.04 bits per heavy atom. The molecule has 0 saturated carbocycles. The van der Waals surface area contributed by atoms with Crippen LogP contribution in [-0.2, 0) is 16.1 Å². The molecule has 6 heteroatoms. The number of hydrogen-bond donors (Lipinski definition) is 2. The van der Waals surface area contributed by atoms with Crippen LogP contribution in [0.3, 0.4) is 0 Å². The predicted molar refractivity (Wildman–Crippen MR) is 85.5 cm³/mol. The van der Waals surface area contributed by atoms with Crippen molar-refractivity contribution in [2.24, 2.45) is 0 Å². The zero-order valence-corrected chi connectivity index (χ0v) is 13.3.